The van der Waals surface area contributed by atoms with Crippen LogP contribution in [0, 0.1) is 5.92 Å². The number of rotatable bonds is 3. The molecule has 3 rings (SSSR count). The fourth-order valence-electron chi connectivity index (χ4n) is 3.26. The summed E-state index contributed by atoms with van der Waals surface area (Å²) >= 11 is 0. The quantitative estimate of drug-likeness (QED) is 0.843. The zero-order valence-electron chi connectivity index (χ0n) is 13.5. The molecule has 2 atom stereocenters. The molecule has 1 aromatic carbocycles. The Balaban J connectivity index is 1.74. The number of methoxy groups -OCH3 is 1. The molecule has 0 aromatic heterocycles. The number of hydrogen-bond donors (Lipinski definition) is 0. The second kappa shape index (κ2) is 6.58. The van der Waals surface area contributed by atoms with Gasteiger partial charge in [0, 0.05) is 24.9 Å². The summed E-state index contributed by atoms with van der Waals surface area (Å²) in [5.74, 6) is 0.583. The smallest absolute Gasteiger partial charge is 0.246 e. The number of amides is 2. The summed E-state index contributed by atoms with van der Waals surface area (Å²) in [7, 11) is 1.60. The van der Waals surface area contributed by atoms with Crippen molar-refractivity contribution in [2.45, 2.75) is 19.4 Å². The van der Waals surface area contributed by atoms with Gasteiger partial charge in [-0.3, -0.25) is 9.59 Å². The molecular weight excluding hydrogens is 296 g/mol. The van der Waals surface area contributed by atoms with Crippen molar-refractivity contribution in [3.63, 3.8) is 0 Å². The lowest BCUT2D eigenvalue weighted by molar-refractivity contribution is -0.141. The highest BCUT2D eigenvalue weighted by Crippen LogP contribution is 2.26. The number of ether oxygens (including phenoxy) is 2. The van der Waals surface area contributed by atoms with Crippen molar-refractivity contribution in [3.8, 4) is 5.75 Å². The number of carbonyl (C=O) groups is 2. The van der Waals surface area contributed by atoms with Gasteiger partial charge in [0.2, 0.25) is 11.8 Å². The topological polar surface area (TPSA) is 59.1 Å². The first-order valence-corrected chi connectivity index (χ1v) is 7.93. The van der Waals surface area contributed by atoms with Gasteiger partial charge in [-0.05, 0) is 25.5 Å². The first-order chi connectivity index (χ1) is 11.1. The minimum absolute atomic E-state index is 0.0352. The standard InChI is InChI=1S/C17H22N2O4/c1-12-9-18(17(21)13-6-7-23-11-13)10-16(20)19(12)14-4-3-5-15(8-14)22-2/h3-5,8,12-13H,6-7,9-11H2,1-2H3/t12-,13-/m0/s1. The van der Waals surface area contributed by atoms with Gasteiger partial charge in [-0.25, -0.2) is 0 Å². The molecule has 2 amide bonds. The summed E-state index contributed by atoms with van der Waals surface area (Å²) in [5.41, 5.74) is 0.804. The van der Waals surface area contributed by atoms with Gasteiger partial charge < -0.3 is 19.3 Å². The van der Waals surface area contributed by atoms with Crippen molar-refractivity contribution in [2.75, 3.05) is 38.3 Å². The SMILES string of the molecule is COc1cccc(N2C(=O)CN(C(=O)[C@H]3CCOC3)C[C@@H]2C)c1. The summed E-state index contributed by atoms with van der Waals surface area (Å²) in [4.78, 5) is 28.5. The third kappa shape index (κ3) is 3.17. The van der Waals surface area contributed by atoms with Crippen molar-refractivity contribution in [1.29, 1.82) is 0 Å². The minimum Gasteiger partial charge on any atom is -0.497 e. The van der Waals surface area contributed by atoms with Crippen LogP contribution in [0.5, 0.6) is 5.75 Å². The molecule has 0 unspecified atom stereocenters. The summed E-state index contributed by atoms with van der Waals surface area (Å²) < 4.78 is 10.5. The van der Waals surface area contributed by atoms with Crippen LogP contribution in [0.25, 0.3) is 0 Å². The average molecular weight is 318 g/mol. The molecule has 0 N–H and O–H groups in total. The first-order valence-electron chi connectivity index (χ1n) is 7.93. The molecule has 2 aliphatic heterocycles. The predicted molar refractivity (Wildman–Crippen MR) is 85.4 cm³/mol. The summed E-state index contributed by atoms with van der Waals surface area (Å²) in [6, 6.07) is 7.37. The van der Waals surface area contributed by atoms with Crippen molar-refractivity contribution in [2.24, 2.45) is 5.92 Å². The van der Waals surface area contributed by atoms with E-state index in [9.17, 15) is 9.59 Å². The van der Waals surface area contributed by atoms with Crippen molar-refractivity contribution in [1.82, 2.24) is 4.90 Å². The van der Waals surface area contributed by atoms with E-state index in [1.54, 1.807) is 16.9 Å². The van der Waals surface area contributed by atoms with Gasteiger partial charge in [-0.15, -0.1) is 0 Å². The summed E-state index contributed by atoms with van der Waals surface area (Å²) in [5, 5.41) is 0. The van der Waals surface area contributed by atoms with Gasteiger partial charge in [0.1, 0.15) is 12.3 Å². The average Bonchev–Trinajstić information content (AvgIpc) is 3.08. The highest BCUT2D eigenvalue weighted by Gasteiger charge is 2.36. The van der Waals surface area contributed by atoms with Crippen LogP contribution in [-0.4, -0.2) is 56.2 Å². The molecule has 0 bridgehead atoms. The van der Waals surface area contributed by atoms with Crippen LogP contribution in [0.2, 0.25) is 0 Å². The van der Waals surface area contributed by atoms with E-state index in [1.165, 1.54) is 0 Å². The van der Waals surface area contributed by atoms with Gasteiger partial charge in [-0.1, -0.05) is 6.07 Å². The highest BCUT2D eigenvalue weighted by atomic mass is 16.5. The monoisotopic (exact) mass is 318 g/mol. The van der Waals surface area contributed by atoms with Crippen molar-refractivity contribution < 1.29 is 19.1 Å². The fourth-order valence-corrected chi connectivity index (χ4v) is 3.26. The number of carbonyl (C=O) groups excluding carboxylic acids is 2. The molecule has 2 saturated heterocycles. The Morgan fingerprint density at radius 3 is 2.87 bits per heavy atom. The van der Waals surface area contributed by atoms with Crippen LogP contribution in [0.4, 0.5) is 5.69 Å². The maximum absolute atomic E-state index is 12.6. The van der Waals surface area contributed by atoms with Crippen LogP contribution in [0.15, 0.2) is 24.3 Å². The molecule has 1 aromatic rings. The maximum Gasteiger partial charge on any atom is 0.246 e. The van der Waals surface area contributed by atoms with E-state index in [1.807, 2.05) is 31.2 Å². The predicted octanol–water partition coefficient (Wildman–Crippen LogP) is 1.30. The van der Waals surface area contributed by atoms with Crippen LogP contribution < -0.4 is 9.64 Å². The zero-order valence-corrected chi connectivity index (χ0v) is 13.5. The molecule has 0 spiro atoms. The summed E-state index contributed by atoms with van der Waals surface area (Å²) in [6.07, 6.45) is 0.748. The zero-order chi connectivity index (χ0) is 16.4. The Labute approximate surface area is 136 Å². The number of nitrogens with zero attached hydrogens (tertiary/aromatic N) is 2. The summed E-state index contributed by atoms with van der Waals surface area (Å²) in [6.45, 7) is 3.72. The van der Waals surface area contributed by atoms with Crippen LogP contribution >= 0.6 is 0 Å². The molecular formula is C17H22N2O4. The van der Waals surface area contributed by atoms with Crippen LogP contribution in [0.1, 0.15) is 13.3 Å². The Bertz CT molecular complexity index is 598. The molecule has 0 radical (unpaired) electrons. The third-order valence-electron chi connectivity index (χ3n) is 4.44. The largest absolute Gasteiger partial charge is 0.497 e. The Kier molecular flexibility index (Phi) is 4.52. The number of benzene rings is 1. The normalized spacial score (nSPS) is 24.9. The van der Waals surface area contributed by atoms with E-state index < -0.39 is 0 Å². The lowest BCUT2D eigenvalue weighted by Gasteiger charge is -2.40. The van der Waals surface area contributed by atoms with E-state index in [4.69, 9.17) is 9.47 Å². The second-order valence-corrected chi connectivity index (χ2v) is 6.09. The molecule has 2 fully saturated rings. The molecule has 0 aliphatic carbocycles. The molecule has 6 heteroatoms. The van der Waals surface area contributed by atoms with Crippen LogP contribution in [0.3, 0.4) is 0 Å². The third-order valence-corrected chi connectivity index (χ3v) is 4.44. The number of anilines is 1. The van der Waals surface area contributed by atoms with E-state index in [-0.39, 0.29) is 30.3 Å². The Morgan fingerprint density at radius 2 is 2.22 bits per heavy atom. The van der Waals surface area contributed by atoms with E-state index in [2.05, 4.69) is 0 Å². The van der Waals surface area contributed by atoms with Crippen LogP contribution in [-0.2, 0) is 14.3 Å². The molecule has 23 heavy (non-hydrogen) atoms. The van der Waals surface area contributed by atoms with Crippen molar-refractivity contribution >= 4 is 17.5 Å². The van der Waals surface area contributed by atoms with Gasteiger partial charge in [0.05, 0.1) is 25.7 Å². The maximum atomic E-state index is 12.6. The van der Waals surface area contributed by atoms with Crippen molar-refractivity contribution in [3.05, 3.63) is 24.3 Å². The number of piperazine rings is 1. The lowest BCUT2D eigenvalue weighted by Crippen LogP contribution is -2.58. The van der Waals surface area contributed by atoms with Gasteiger partial charge in [0.15, 0.2) is 0 Å². The van der Waals surface area contributed by atoms with Gasteiger partial charge in [-0.2, -0.15) is 0 Å². The van der Waals surface area contributed by atoms with E-state index in [0.29, 0.717) is 25.5 Å². The molecule has 6 nitrogen and oxygen atoms in total. The fraction of sp³-hybridized carbons (Fsp3) is 0.529. The number of hydrogen-bond acceptors (Lipinski definition) is 4. The highest BCUT2D eigenvalue weighted by molar-refractivity contribution is 5.99. The van der Waals surface area contributed by atoms with Gasteiger partial charge in [0.25, 0.3) is 0 Å². The molecule has 2 aliphatic rings. The lowest BCUT2D eigenvalue weighted by atomic mass is 10.0. The first kappa shape index (κ1) is 15.8. The minimum atomic E-state index is -0.0987. The molecule has 2 heterocycles. The van der Waals surface area contributed by atoms with Gasteiger partial charge >= 0.3 is 0 Å². The van der Waals surface area contributed by atoms with E-state index in [0.717, 1.165) is 12.1 Å². The Morgan fingerprint density at radius 1 is 1.39 bits per heavy atom. The molecule has 124 valence electrons. The second-order valence-electron chi connectivity index (χ2n) is 6.09. The van der Waals surface area contributed by atoms with E-state index >= 15 is 0 Å². The Hall–Kier alpha value is -2.08. The molecule has 0 saturated carbocycles.